The molecule has 0 aliphatic carbocycles. The molecule has 0 fully saturated rings. The zero-order chi connectivity index (χ0) is 33.7. The summed E-state index contributed by atoms with van der Waals surface area (Å²) in [5.74, 6) is -75.0. The van der Waals surface area contributed by atoms with Gasteiger partial charge in [0.05, 0.1) is 0 Å². The molecule has 1 N–H and O–H groups in total. The Kier molecular flexibility index (Phi) is 10.6. The fraction of sp³-hybridized carbons (Fsp3) is 1.00. The highest BCUT2D eigenvalue weighted by Gasteiger charge is 2.88. The van der Waals surface area contributed by atoms with Crippen molar-refractivity contribution in [3.05, 3.63) is 0 Å². The van der Waals surface area contributed by atoms with E-state index in [1.807, 2.05) is 0 Å². The van der Waals surface area contributed by atoms with Gasteiger partial charge >= 0.3 is 72.1 Å². The summed E-state index contributed by atoms with van der Waals surface area (Å²) in [6, 6.07) is 0. The van der Waals surface area contributed by atoms with E-state index in [4.69, 9.17) is 0 Å². The van der Waals surface area contributed by atoms with Crippen molar-refractivity contribution < 1.29 is 105 Å². The quantitative estimate of drug-likeness (QED) is 0.129. The minimum Gasteiger partial charge on any atom is -0.316 e. The molecule has 0 radical (unpaired) electrons. The summed E-state index contributed by atoms with van der Waals surface area (Å²) in [5.41, 5.74) is 0. The summed E-state index contributed by atoms with van der Waals surface area (Å²) in [6.45, 7) is -4.40. The van der Waals surface area contributed by atoms with Gasteiger partial charge in [0, 0.05) is 25.9 Å². The average molecular weight is 673 g/mol. The van der Waals surface area contributed by atoms with E-state index in [-0.39, 0.29) is 0 Å². The van der Waals surface area contributed by atoms with Gasteiger partial charge in [-0.25, -0.2) is 17.6 Å². The number of rotatable bonds is 16. The van der Waals surface area contributed by atoms with Gasteiger partial charge in [0.25, 0.3) is 0 Å². The largest absolute Gasteiger partial charge is 0.384 e. The molecule has 0 aliphatic rings. The molecule has 1 nitrogen and oxygen atoms in total. The highest BCUT2D eigenvalue weighted by Crippen LogP contribution is 2.60. The van der Waals surface area contributed by atoms with Gasteiger partial charge in [-0.15, -0.1) is 0 Å². The molecule has 0 heterocycles. The van der Waals surface area contributed by atoms with Crippen LogP contribution >= 0.6 is 0 Å². The van der Waals surface area contributed by atoms with Crippen molar-refractivity contribution in [2.45, 2.75) is 84.9 Å². The SMILES string of the molecule is FC(F)C(F)(F)C(F)(F)C(F)(F)C(F)(F)C(F)(F)CCNCCC(F)(F)C(F)(F)C(F)(F)C(F)(F)C(F)(F)C(F)F. The molecule has 0 aliphatic heterocycles. The topological polar surface area (TPSA) is 12.0 Å². The fourth-order valence-electron chi connectivity index (χ4n) is 2.48. The number of hydrogen-bond donors (Lipinski definition) is 1. The maximum atomic E-state index is 13.5. The van der Waals surface area contributed by atoms with Crippen LogP contribution in [0.4, 0.5) is 105 Å². The molecule has 0 unspecified atom stereocenters. The highest BCUT2D eigenvalue weighted by atomic mass is 19.4. The Hall–Kier alpha value is -1.72. The molecule has 0 bridgehead atoms. The summed E-state index contributed by atoms with van der Waals surface area (Å²) >= 11 is 0. The van der Waals surface area contributed by atoms with Crippen LogP contribution < -0.4 is 5.32 Å². The Morgan fingerprint density at radius 2 is 0.561 bits per heavy atom. The third-order valence-electron chi connectivity index (χ3n) is 5.11. The Morgan fingerprint density at radius 3 is 0.756 bits per heavy atom. The molecular weight excluding hydrogens is 662 g/mol. The summed E-state index contributed by atoms with van der Waals surface area (Å²) in [4.78, 5) is 0. The van der Waals surface area contributed by atoms with E-state index in [0.717, 1.165) is 5.32 Å². The molecule has 41 heavy (non-hydrogen) atoms. The van der Waals surface area contributed by atoms with Crippen LogP contribution in [-0.4, -0.2) is 85.2 Å². The predicted octanol–water partition coefficient (Wildman–Crippen LogP) is 8.24. The van der Waals surface area contributed by atoms with E-state index in [9.17, 15) is 105 Å². The van der Waals surface area contributed by atoms with Crippen LogP contribution in [0, 0.1) is 0 Å². The lowest BCUT2D eigenvalue weighted by Crippen LogP contribution is -2.69. The Labute approximate surface area is 210 Å². The van der Waals surface area contributed by atoms with Crippen molar-refractivity contribution in [3.63, 3.8) is 0 Å². The molecule has 0 saturated heterocycles. The van der Waals surface area contributed by atoms with Crippen LogP contribution in [0.5, 0.6) is 0 Å². The maximum absolute atomic E-state index is 13.5. The van der Waals surface area contributed by atoms with Gasteiger partial charge in [-0.2, -0.15) is 87.8 Å². The van der Waals surface area contributed by atoms with Gasteiger partial charge in [-0.05, 0) is 0 Å². The van der Waals surface area contributed by atoms with Crippen LogP contribution in [0.15, 0.2) is 0 Å². The van der Waals surface area contributed by atoms with Crippen molar-refractivity contribution in [2.24, 2.45) is 0 Å². The lowest BCUT2D eigenvalue weighted by molar-refractivity contribution is -0.413. The second-order valence-electron chi connectivity index (χ2n) is 7.95. The van der Waals surface area contributed by atoms with Gasteiger partial charge in [0.2, 0.25) is 0 Å². The second kappa shape index (κ2) is 11.1. The third-order valence-corrected chi connectivity index (χ3v) is 5.11. The number of hydrogen-bond acceptors (Lipinski definition) is 1. The third kappa shape index (κ3) is 5.92. The molecule has 0 aromatic rings. The van der Waals surface area contributed by atoms with Gasteiger partial charge < -0.3 is 5.32 Å². The van der Waals surface area contributed by atoms with Gasteiger partial charge in [0.1, 0.15) is 0 Å². The van der Waals surface area contributed by atoms with E-state index in [0.29, 0.717) is 0 Å². The predicted molar refractivity (Wildman–Crippen MR) is 83.6 cm³/mol. The van der Waals surface area contributed by atoms with Crippen LogP contribution in [0.2, 0.25) is 0 Å². The summed E-state index contributed by atoms with van der Waals surface area (Å²) in [5, 5.41) is 0.891. The number of nitrogens with one attached hydrogen (secondary N) is 1. The Balaban J connectivity index is 5.69. The molecule has 0 amide bonds. The average Bonchev–Trinajstić information content (AvgIpc) is 2.77. The normalized spacial score (nSPS) is 16.2. The van der Waals surface area contributed by atoms with Crippen molar-refractivity contribution in [1.82, 2.24) is 5.32 Å². The summed E-state index contributed by atoms with van der Waals surface area (Å²) < 4.78 is 312. The van der Waals surface area contributed by atoms with E-state index in [1.54, 1.807) is 0 Å². The van der Waals surface area contributed by atoms with Crippen molar-refractivity contribution in [1.29, 1.82) is 0 Å². The first-order valence-electron chi connectivity index (χ1n) is 9.64. The van der Waals surface area contributed by atoms with E-state index in [2.05, 4.69) is 0 Å². The summed E-state index contributed by atoms with van der Waals surface area (Å²) in [7, 11) is 0. The van der Waals surface area contributed by atoms with Crippen molar-refractivity contribution in [2.75, 3.05) is 13.1 Å². The molecule has 25 heteroatoms. The van der Waals surface area contributed by atoms with Crippen molar-refractivity contribution >= 4 is 0 Å². The van der Waals surface area contributed by atoms with Gasteiger partial charge in [-0.3, -0.25) is 0 Å². The first-order chi connectivity index (χ1) is 17.6. The molecule has 0 saturated carbocycles. The Bertz CT molecular complexity index is 805. The molecule has 0 aromatic carbocycles. The van der Waals surface area contributed by atoms with E-state index >= 15 is 0 Å². The fourth-order valence-corrected chi connectivity index (χ4v) is 2.48. The number of alkyl halides is 24. The van der Waals surface area contributed by atoms with E-state index < -0.39 is 98.0 Å². The van der Waals surface area contributed by atoms with Crippen LogP contribution in [0.1, 0.15) is 12.8 Å². The lowest BCUT2D eigenvalue weighted by atomic mass is 9.92. The first-order valence-corrected chi connectivity index (χ1v) is 9.64. The minimum absolute atomic E-state index is 0.891. The Morgan fingerprint density at radius 1 is 0.341 bits per heavy atom. The van der Waals surface area contributed by atoms with Gasteiger partial charge in [-0.1, -0.05) is 0 Å². The molecule has 0 aromatic heterocycles. The smallest absolute Gasteiger partial charge is 0.316 e. The van der Waals surface area contributed by atoms with Crippen LogP contribution in [0.25, 0.3) is 0 Å². The standard InChI is InChI=1S/C16H11F24N/c17-5(18)9(25,26)13(33,34)15(37,38)11(29,30)7(21,22)1-3-41-4-2-8(23,24)12(31,32)16(39,40)14(35,36)10(27,28)6(19)20/h5-6,41H,1-4H2. The van der Waals surface area contributed by atoms with E-state index in [1.165, 1.54) is 0 Å². The first kappa shape index (κ1) is 39.3. The molecule has 0 spiro atoms. The second-order valence-corrected chi connectivity index (χ2v) is 7.95. The lowest BCUT2D eigenvalue weighted by Gasteiger charge is -2.39. The van der Waals surface area contributed by atoms with Crippen LogP contribution in [-0.2, 0) is 0 Å². The molecule has 248 valence electrons. The minimum atomic E-state index is -7.98. The zero-order valence-corrected chi connectivity index (χ0v) is 18.6. The molecular formula is C16H11F24N. The number of halogens is 24. The maximum Gasteiger partial charge on any atom is 0.384 e. The zero-order valence-electron chi connectivity index (χ0n) is 18.6. The summed E-state index contributed by atoms with van der Waals surface area (Å²) in [6.07, 6.45) is -17.7. The van der Waals surface area contributed by atoms with Crippen LogP contribution in [0.3, 0.4) is 0 Å². The monoisotopic (exact) mass is 673 g/mol. The van der Waals surface area contributed by atoms with Gasteiger partial charge in [0.15, 0.2) is 0 Å². The highest BCUT2D eigenvalue weighted by molar-refractivity contribution is 5.10. The molecule has 0 atom stereocenters. The van der Waals surface area contributed by atoms with Crippen molar-refractivity contribution in [3.8, 4) is 0 Å². The molecule has 0 rings (SSSR count).